The van der Waals surface area contributed by atoms with E-state index in [-0.39, 0.29) is 5.60 Å². The SMILES string of the molecule is CCC(CC1CCN(C(c2ccccc2)c2ccccc2)CC1)C(C)(C)OC=O. The monoisotopic (exact) mass is 393 g/mol. The third-order valence-corrected chi connectivity index (χ3v) is 6.69. The van der Waals surface area contributed by atoms with Crippen molar-refractivity contribution in [2.45, 2.75) is 58.1 Å². The molecule has 1 aliphatic heterocycles. The summed E-state index contributed by atoms with van der Waals surface area (Å²) in [6.45, 7) is 9.11. The van der Waals surface area contributed by atoms with Crippen molar-refractivity contribution in [3.8, 4) is 0 Å². The molecule has 0 aliphatic carbocycles. The molecule has 156 valence electrons. The minimum absolute atomic E-state index is 0.315. The Morgan fingerprint density at radius 2 is 1.52 bits per heavy atom. The predicted molar refractivity (Wildman–Crippen MR) is 119 cm³/mol. The lowest BCUT2D eigenvalue weighted by Crippen LogP contribution is -2.40. The van der Waals surface area contributed by atoms with Gasteiger partial charge in [0.25, 0.3) is 6.47 Å². The van der Waals surface area contributed by atoms with Crippen LogP contribution in [0, 0.1) is 11.8 Å². The van der Waals surface area contributed by atoms with Crippen LogP contribution in [0.4, 0.5) is 0 Å². The lowest BCUT2D eigenvalue weighted by atomic mass is 9.78. The maximum Gasteiger partial charge on any atom is 0.293 e. The van der Waals surface area contributed by atoms with Gasteiger partial charge < -0.3 is 4.74 Å². The molecule has 1 unspecified atom stereocenters. The number of benzene rings is 2. The molecule has 3 rings (SSSR count). The summed E-state index contributed by atoms with van der Waals surface area (Å²) in [7, 11) is 0. The van der Waals surface area contributed by atoms with Crippen LogP contribution in [0.3, 0.4) is 0 Å². The topological polar surface area (TPSA) is 29.5 Å². The average molecular weight is 394 g/mol. The Morgan fingerprint density at radius 1 is 1.00 bits per heavy atom. The number of piperidine rings is 1. The molecule has 1 saturated heterocycles. The van der Waals surface area contributed by atoms with Crippen molar-refractivity contribution in [3.05, 3.63) is 71.8 Å². The van der Waals surface area contributed by atoms with Crippen molar-refractivity contribution in [1.29, 1.82) is 0 Å². The van der Waals surface area contributed by atoms with Gasteiger partial charge in [0.2, 0.25) is 0 Å². The first kappa shape index (κ1) is 21.6. The molecule has 0 saturated carbocycles. The number of hydrogen-bond acceptors (Lipinski definition) is 3. The lowest BCUT2D eigenvalue weighted by Gasteiger charge is -2.40. The standard InChI is InChI=1S/C26H35NO2/c1-4-24(26(2,3)29-20-28)19-21-15-17-27(18-16-21)25(22-11-7-5-8-12-22)23-13-9-6-10-14-23/h5-14,20-21,24-25H,4,15-19H2,1-3H3. The van der Waals surface area contributed by atoms with Crippen molar-refractivity contribution in [3.63, 3.8) is 0 Å². The van der Waals surface area contributed by atoms with Crippen LogP contribution in [0.2, 0.25) is 0 Å². The number of carbonyl (C=O) groups is 1. The van der Waals surface area contributed by atoms with Gasteiger partial charge in [0, 0.05) is 0 Å². The van der Waals surface area contributed by atoms with E-state index >= 15 is 0 Å². The number of likely N-dealkylation sites (tertiary alicyclic amines) is 1. The Bertz CT molecular complexity index is 696. The summed E-state index contributed by atoms with van der Waals surface area (Å²) in [6, 6.07) is 22.0. The summed E-state index contributed by atoms with van der Waals surface area (Å²) in [4.78, 5) is 13.5. The van der Waals surface area contributed by atoms with E-state index in [0.717, 1.165) is 25.9 Å². The largest absolute Gasteiger partial charge is 0.462 e. The summed E-state index contributed by atoms with van der Waals surface area (Å²) in [5.74, 6) is 1.10. The van der Waals surface area contributed by atoms with Crippen molar-refractivity contribution >= 4 is 6.47 Å². The van der Waals surface area contributed by atoms with E-state index in [1.807, 2.05) is 13.8 Å². The van der Waals surface area contributed by atoms with Gasteiger partial charge >= 0.3 is 0 Å². The summed E-state index contributed by atoms with van der Waals surface area (Å²) in [6.07, 6.45) is 4.57. The molecule has 1 aliphatic rings. The van der Waals surface area contributed by atoms with E-state index in [1.165, 1.54) is 24.0 Å². The van der Waals surface area contributed by atoms with Gasteiger partial charge in [0.15, 0.2) is 0 Å². The van der Waals surface area contributed by atoms with Crippen LogP contribution in [0.25, 0.3) is 0 Å². The third kappa shape index (κ3) is 5.48. The molecule has 2 aromatic carbocycles. The summed E-state index contributed by atoms with van der Waals surface area (Å²) < 4.78 is 5.41. The first-order chi connectivity index (χ1) is 14.0. The van der Waals surface area contributed by atoms with E-state index in [0.29, 0.717) is 24.3 Å². The average Bonchev–Trinajstić information content (AvgIpc) is 2.74. The maximum absolute atomic E-state index is 10.9. The van der Waals surface area contributed by atoms with Crippen molar-refractivity contribution in [2.24, 2.45) is 11.8 Å². The molecule has 0 spiro atoms. The highest BCUT2D eigenvalue weighted by Gasteiger charge is 2.34. The second-order valence-electron chi connectivity index (χ2n) is 8.86. The fourth-order valence-corrected chi connectivity index (χ4v) is 4.90. The van der Waals surface area contributed by atoms with Gasteiger partial charge in [-0.3, -0.25) is 9.69 Å². The highest BCUT2D eigenvalue weighted by molar-refractivity contribution is 5.38. The normalized spacial score (nSPS) is 17.2. The Labute approximate surface area is 176 Å². The van der Waals surface area contributed by atoms with Crippen LogP contribution >= 0.6 is 0 Å². The van der Waals surface area contributed by atoms with Crippen LogP contribution in [0.5, 0.6) is 0 Å². The molecule has 2 aromatic rings. The van der Waals surface area contributed by atoms with Crippen LogP contribution in [0.1, 0.15) is 63.6 Å². The molecule has 1 heterocycles. The summed E-state index contributed by atoms with van der Waals surface area (Å²) >= 11 is 0. The highest BCUT2D eigenvalue weighted by Crippen LogP contribution is 2.37. The van der Waals surface area contributed by atoms with Crippen molar-refractivity contribution < 1.29 is 9.53 Å². The lowest BCUT2D eigenvalue weighted by molar-refractivity contribution is -0.146. The molecule has 0 radical (unpaired) electrons. The zero-order valence-corrected chi connectivity index (χ0v) is 18.1. The summed E-state index contributed by atoms with van der Waals surface area (Å²) in [5, 5.41) is 0. The molecule has 3 heteroatoms. The van der Waals surface area contributed by atoms with Crippen LogP contribution in [-0.4, -0.2) is 30.1 Å². The Morgan fingerprint density at radius 3 is 1.97 bits per heavy atom. The van der Waals surface area contributed by atoms with Crippen molar-refractivity contribution in [2.75, 3.05) is 13.1 Å². The van der Waals surface area contributed by atoms with E-state index in [9.17, 15) is 4.79 Å². The Kier molecular flexibility index (Phi) is 7.49. The Hall–Kier alpha value is -2.13. The molecule has 0 bridgehead atoms. The quantitative estimate of drug-likeness (QED) is 0.500. The first-order valence-corrected chi connectivity index (χ1v) is 11.0. The summed E-state index contributed by atoms with van der Waals surface area (Å²) in [5.41, 5.74) is 2.35. The molecule has 1 fully saturated rings. The number of rotatable bonds is 9. The van der Waals surface area contributed by atoms with Gasteiger partial charge in [-0.05, 0) is 75.6 Å². The van der Waals surface area contributed by atoms with Gasteiger partial charge in [0.1, 0.15) is 5.60 Å². The maximum atomic E-state index is 10.9. The highest BCUT2D eigenvalue weighted by atomic mass is 16.5. The van der Waals surface area contributed by atoms with Crippen molar-refractivity contribution in [1.82, 2.24) is 4.90 Å². The number of carbonyl (C=O) groups excluding carboxylic acids is 1. The smallest absolute Gasteiger partial charge is 0.293 e. The molecule has 3 nitrogen and oxygen atoms in total. The Balaban J connectivity index is 1.68. The molecular weight excluding hydrogens is 358 g/mol. The van der Waals surface area contributed by atoms with Gasteiger partial charge in [-0.1, -0.05) is 67.6 Å². The van der Waals surface area contributed by atoms with Crippen LogP contribution in [-0.2, 0) is 9.53 Å². The molecule has 0 aromatic heterocycles. The fraction of sp³-hybridized carbons (Fsp3) is 0.500. The van der Waals surface area contributed by atoms with Gasteiger partial charge in [0.05, 0.1) is 6.04 Å². The second-order valence-corrected chi connectivity index (χ2v) is 8.86. The van der Waals surface area contributed by atoms with Gasteiger partial charge in [-0.2, -0.15) is 0 Å². The number of hydrogen-bond donors (Lipinski definition) is 0. The minimum atomic E-state index is -0.385. The van der Waals surface area contributed by atoms with E-state index < -0.39 is 0 Å². The van der Waals surface area contributed by atoms with E-state index in [1.54, 1.807) is 0 Å². The molecular formula is C26H35NO2. The molecule has 0 amide bonds. The van der Waals surface area contributed by atoms with E-state index in [4.69, 9.17) is 4.74 Å². The predicted octanol–water partition coefficient (Wildman–Crippen LogP) is 5.86. The minimum Gasteiger partial charge on any atom is -0.462 e. The van der Waals surface area contributed by atoms with E-state index in [2.05, 4.69) is 72.5 Å². The molecule has 1 atom stereocenters. The third-order valence-electron chi connectivity index (χ3n) is 6.69. The number of ether oxygens (including phenoxy) is 1. The zero-order chi connectivity index (χ0) is 20.7. The first-order valence-electron chi connectivity index (χ1n) is 11.0. The van der Waals surface area contributed by atoms with Crippen LogP contribution < -0.4 is 0 Å². The molecule has 0 N–H and O–H groups in total. The van der Waals surface area contributed by atoms with Crippen LogP contribution in [0.15, 0.2) is 60.7 Å². The zero-order valence-electron chi connectivity index (χ0n) is 18.1. The number of nitrogens with zero attached hydrogens (tertiary/aromatic N) is 1. The fourth-order valence-electron chi connectivity index (χ4n) is 4.90. The van der Waals surface area contributed by atoms with Gasteiger partial charge in [-0.25, -0.2) is 0 Å². The van der Waals surface area contributed by atoms with Gasteiger partial charge in [-0.15, -0.1) is 0 Å². The second kappa shape index (κ2) is 10.1. The molecule has 29 heavy (non-hydrogen) atoms.